The number of fused-ring (bicyclic) bond motifs is 1. The summed E-state index contributed by atoms with van der Waals surface area (Å²) in [6.45, 7) is 1.46. The summed E-state index contributed by atoms with van der Waals surface area (Å²) in [5, 5.41) is 2.96. The van der Waals surface area contributed by atoms with Crippen LogP contribution < -0.4 is 29.0 Å². The number of imidazole rings is 1. The molecule has 1 heterocycles. The van der Waals surface area contributed by atoms with E-state index < -0.39 is 0 Å². The maximum Gasteiger partial charge on any atom is 0.251 e. The highest BCUT2D eigenvalue weighted by Crippen LogP contribution is 2.38. The van der Waals surface area contributed by atoms with Gasteiger partial charge in [0.25, 0.3) is 5.91 Å². The molecule has 0 aliphatic carbocycles. The van der Waals surface area contributed by atoms with Crippen molar-refractivity contribution >= 4 is 16.9 Å². The van der Waals surface area contributed by atoms with E-state index in [-0.39, 0.29) is 5.91 Å². The molecule has 0 aliphatic heterocycles. The van der Waals surface area contributed by atoms with Gasteiger partial charge in [0.05, 0.1) is 46.0 Å². The fourth-order valence-electron chi connectivity index (χ4n) is 4.11. The molecule has 9 nitrogen and oxygen atoms in total. The van der Waals surface area contributed by atoms with Gasteiger partial charge in [0.1, 0.15) is 23.9 Å². The summed E-state index contributed by atoms with van der Waals surface area (Å²) in [6.07, 6.45) is 0.546. The van der Waals surface area contributed by atoms with E-state index in [0.29, 0.717) is 48.9 Å². The predicted octanol–water partition coefficient (Wildman–Crippen LogP) is 4.12. The van der Waals surface area contributed by atoms with E-state index in [1.54, 1.807) is 19.2 Å². The third-order valence-corrected chi connectivity index (χ3v) is 5.92. The predicted molar refractivity (Wildman–Crippen MR) is 140 cm³/mol. The molecule has 0 fully saturated rings. The van der Waals surface area contributed by atoms with Crippen LogP contribution in [0, 0.1) is 0 Å². The number of benzene rings is 3. The van der Waals surface area contributed by atoms with Crippen molar-refractivity contribution in [3.63, 3.8) is 0 Å². The smallest absolute Gasteiger partial charge is 0.251 e. The number of methoxy groups -OCH3 is 4. The zero-order valence-corrected chi connectivity index (χ0v) is 21.4. The van der Waals surface area contributed by atoms with Crippen molar-refractivity contribution in [3.05, 3.63) is 72.1 Å². The van der Waals surface area contributed by atoms with Gasteiger partial charge in [-0.2, -0.15) is 0 Å². The maximum absolute atomic E-state index is 12.9. The first-order valence-electron chi connectivity index (χ1n) is 11.9. The van der Waals surface area contributed by atoms with Crippen molar-refractivity contribution in [1.29, 1.82) is 0 Å². The van der Waals surface area contributed by atoms with Crippen LogP contribution >= 0.6 is 0 Å². The quantitative estimate of drug-likeness (QED) is 0.310. The van der Waals surface area contributed by atoms with Gasteiger partial charge in [0, 0.05) is 24.6 Å². The Morgan fingerprint density at radius 1 is 0.865 bits per heavy atom. The highest BCUT2D eigenvalue weighted by molar-refractivity contribution is 5.95. The number of carbonyl (C=O) groups excluding carboxylic acids is 1. The number of rotatable bonds is 12. The number of aromatic nitrogens is 2. The van der Waals surface area contributed by atoms with Crippen molar-refractivity contribution in [3.8, 4) is 28.7 Å². The molecule has 0 unspecified atom stereocenters. The summed E-state index contributed by atoms with van der Waals surface area (Å²) in [7, 11) is 6.18. The second kappa shape index (κ2) is 12.0. The van der Waals surface area contributed by atoms with Gasteiger partial charge in [-0.05, 0) is 36.4 Å². The number of nitrogens with zero attached hydrogens (tertiary/aromatic N) is 2. The van der Waals surface area contributed by atoms with E-state index in [9.17, 15) is 4.79 Å². The molecular formula is C28H31N3O6. The van der Waals surface area contributed by atoms with Gasteiger partial charge in [-0.25, -0.2) is 4.98 Å². The molecule has 3 aromatic carbocycles. The van der Waals surface area contributed by atoms with E-state index in [1.165, 1.54) is 21.3 Å². The van der Waals surface area contributed by atoms with Crippen molar-refractivity contribution < 1.29 is 28.5 Å². The van der Waals surface area contributed by atoms with Crippen LogP contribution in [0.3, 0.4) is 0 Å². The lowest BCUT2D eigenvalue weighted by Gasteiger charge is -2.14. The van der Waals surface area contributed by atoms with Gasteiger partial charge in [-0.3, -0.25) is 4.79 Å². The van der Waals surface area contributed by atoms with Crippen LogP contribution in [0.2, 0.25) is 0 Å². The zero-order valence-electron chi connectivity index (χ0n) is 21.4. The molecule has 0 aliphatic rings. The van der Waals surface area contributed by atoms with E-state index >= 15 is 0 Å². The van der Waals surface area contributed by atoms with Gasteiger partial charge in [0.15, 0.2) is 11.5 Å². The van der Waals surface area contributed by atoms with Crippen molar-refractivity contribution in [2.45, 2.75) is 13.0 Å². The van der Waals surface area contributed by atoms with E-state index in [4.69, 9.17) is 28.7 Å². The molecule has 0 atom stereocenters. The van der Waals surface area contributed by atoms with Crippen LogP contribution in [0.4, 0.5) is 0 Å². The fourth-order valence-corrected chi connectivity index (χ4v) is 4.11. The van der Waals surface area contributed by atoms with Crippen molar-refractivity contribution in [1.82, 2.24) is 14.9 Å². The highest BCUT2D eigenvalue weighted by atomic mass is 16.5. The molecule has 4 rings (SSSR count). The Hall–Kier alpha value is -4.40. The summed E-state index contributed by atoms with van der Waals surface area (Å²) in [5.74, 6) is 3.38. The van der Waals surface area contributed by atoms with E-state index in [0.717, 1.165) is 28.4 Å². The number of nitrogens with one attached hydrogen (secondary N) is 1. The summed E-state index contributed by atoms with van der Waals surface area (Å²) < 4.78 is 29.4. The number of carbonyl (C=O) groups is 1. The van der Waals surface area contributed by atoms with Crippen molar-refractivity contribution in [2.75, 3.05) is 41.6 Å². The Labute approximate surface area is 215 Å². The summed E-state index contributed by atoms with van der Waals surface area (Å²) >= 11 is 0. The third-order valence-electron chi connectivity index (χ3n) is 5.92. The van der Waals surface area contributed by atoms with Crippen LogP contribution in [-0.4, -0.2) is 57.0 Å². The summed E-state index contributed by atoms with van der Waals surface area (Å²) in [4.78, 5) is 17.7. The molecule has 0 radical (unpaired) electrons. The molecule has 0 saturated carbocycles. The Morgan fingerprint density at radius 2 is 1.59 bits per heavy atom. The molecule has 1 amide bonds. The SMILES string of the molecule is COc1cccc(OCCn2c(CCNC(=O)c3cc(OC)c(OC)c(OC)c3)nc3ccccc32)c1. The number of ether oxygens (including phenoxy) is 5. The lowest BCUT2D eigenvalue weighted by atomic mass is 10.1. The van der Waals surface area contributed by atoms with Crippen LogP contribution in [0.15, 0.2) is 60.7 Å². The maximum atomic E-state index is 12.9. The normalized spacial score (nSPS) is 10.7. The Bertz CT molecular complexity index is 1340. The molecule has 0 spiro atoms. The van der Waals surface area contributed by atoms with Crippen LogP contribution in [0.25, 0.3) is 11.0 Å². The minimum absolute atomic E-state index is 0.247. The van der Waals surface area contributed by atoms with E-state index in [2.05, 4.69) is 9.88 Å². The largest absolute Gasteiger partial charge is 0.497 e. The lowest BCUT2D eigenvalue weighted by molar-refractivity contribution is 0.0953. The molecule has 4 aromatic rings. The first-order valence-corrected chi connectivity index (χ1v) is 11.9. The first kappa shape index (κ1) is 25.7. The molecule has 0 bridgehead atoms. The Morgan fingerprint density at radius 3 is 2.30 bits per heavy atom. The van der Waals surface area contributed by atoms with Crippen LogP contribution in [0.1, 0.15) is 16.2 Å². The number of hydrogen-bond donors (Lipinski definition) is 1. The summed E-state index contributed by atoms with van der Waals surface area (Å²) in [5.41, 5.74) is 2.33. The zero-order chi connectivity index (χ0) is 26.2. The molecule has 0 saturated heterocycles. The van der Waals surface area contributed by atoms with Gasteiger partial charge in [-0.1, -0.05) is 18.2 Å². The second-order valence-electron chi connectivity index (χ2n) is 8.12. The standard InChI is InChI=1S/C28H31N3O6/c1-33-20-8-7-9-21(18-20)37-15-14-31-23-11-6-5-10-22(23)30-26(31)12-13-29-28(32)19-16-24(34-2)27(36-4)25(17-19)35-3/h5-11,16-18H,12-15H2,1-4H3,(H,29,32). The van der Waals surface area contributed by atoms with Gasteiger partial charge in [-0.15, -0.1) is 0 Å². The average Bonchev–Trinajstić information content (AvgIpc) is 3.29. The molecule has 9 heteroatoms. The summed E-state index contributed by atoms with van der Waals surface area (Å²) in [6, 6.07) is 18.7. The fraction of sp³-hybridized carbons (Fsp3) is 0.286. The number of para-hydroxylation sites is 2. The molecule has 1 N–H and O–H groups in total. The first-order chi connectivity index (χ1) is 18.1. The number of amides is 1. The molecule has 37 heavy (non-hydrogen) atoms. The second-order valence-corrected chi connectivity index (χ2v) is 8.12. The monoisotopic (exact) mass is 505 g/mol. The molecular weight excluding hydrogens is 474 g/mol. The molecule has 1 aromatic heterocycles. The minimum atomic E-state index is -0.247. The van der Waals surface area contributed by atoms with Crippen LogP contribution in [0.5, 0.6) is 28.7 Å². The van der Waals surface area contributed by atoms with Crippen LogP contribution in [-0.2, 0) is 13.0 Å². The number of hydrogen-bond acceptors (Lipinski definition) is 7. The average molecular weight is 506 g/mol. The third kappa shape index (κ3) is 5.88. The highest BCUT2D eigenvalue weighted by Gasteiger charge is 2.17. The van der Waals surface area contributed by atoms with Gasteiger partial charge >= 0.3 is 0 Å². The van der Waals surface area contributed by atoms with Gasteiger partial charge in [0.2, 0.25) is 5.75 Å². The Balaban J connectivity index is 1.44. The minimum Gasteiger partial charge on any atom is -0.497 e. The van der Waals surface area contributed by atoms with Gasteiger partial charge < -0.3 is 33.6 Å². The lowest BCUT2D eigenvalue weighted by Crippen LogP contribution is -2.27. The topological polar surface area (TPSA) is 93.1 Å². The molecule has 194 valence electrons. The van der Waals surface area contributed by atoms with E-state index in [1.807, 2.05) is 48.5 Å². The Kier molecular flexibility index (Phi) is 8.35. The van der Waals surface area contributed by atoms with Crippen molar-refractivity contribution in [2.24, 2.45) is 0 Å².